The molecule has 1 aromatic heterocycles. The third-order valence-electron chi connectivity index (χ3n) is 4.41. The molecule has 1 aromatic carbocycles. The first-order valence-corrected chi connectivity index (χ1v) is 9.84. The lowest BCUT2D eigenvalue weighted by atomic mass is 10.2. The average molecular weight is 408 g/mol. The lowest BCUT2D eigenvalue weighted by Crippen LogP contribution is -2.52. The van der Waals surface area contributed by atoms with E-state index in [1.54, 1.807) is 0 Å². The molecule has 128 valence electrons. The third kappa shape index (κ3) is 4.66. The molecule has 3 rings (SSSR count). The maximum atomic E-state index is 12.5. The summed E-state index contributed by atoms with van der Waals surface area (Å²) in [6.45, 7) is 6.89. The van der Waals surface area contributed by atoms with Gasteiger partial charge in [0.15, 0.2) is 0 Å². The largest absolute Gasteiger partial charge is 0.325 e. The molecule has 0 aliphatic carbocycles. The van der Waals surface area contributed by atoms with Crippen LogP contribution in [0, 0.1) is 0 Å². The lowest BCUT2D eigenvalue weighted by Gasteiger charge is -2.37. The van der Waals surface area contributed by atoms with Gasteiger partial charge in [-0.2, -0.15) is 0 Å². The fourth-order valence-electron chi connectivity index (χ4n) is 2.88. The van der Waals surface area contributed by atoms with E-state index in [2.05, 4.69) is 48.6 Å². The van der Waals surface area contributed by atoms with E-state index in [0.717, 1.165) is 42.9 Å². The van der Waals surface area contributed by atoms with Crippen LogP contribution in [0.25, 0.3) is 0 Å². The Bertz CT molecular complexity index is 651. The number of nitrogens with zero attached hydrogens (tertiary/aromatic N) is 2. The van der Waals surface area contributed by atoms with Crippen LogP contribution in [0.3, 0.4) is 0 Å². The minimum Gasteiger partial charge on any atom is -0.325 e. The number of thiophene rings is 1. The van der Waals surface area contributed by atoms with E-state index in [0.29, 0.717) is 0 Å². The second kappa shape index (κ2) is 8.25. The Balaban J connectivity index is 1.48. The van der Waals surface area contributed by atoms with E-state index >= 15 is 0 Å². The third-order valence-corrected chi connectivity index (χ3v) is 5.80. The Kier molecular flexibility index (Phi) is 6.05. The smallest absolute Gasteiger partial charge is 0.241 e. The molecule has 6 heteroatoms. The van der Waals surface area contributed by atoms with Crippen molar-refractivity contribution in [2.75, 3.05) is 31.5 Å². The summed E-state index contributed by atoms with van der Waals surface area (Å²) >= 11 is 5.21. The Labute approximate surface area is 155 Å². The molecule has 0 bridgehead atoms. The highest BCUT2D eigenvalue weighted by molar-refractivity contribution is 9.10. The van der Waals surface area contributed by atoms with E-state index in [4.69, 9.17) is 0 Å². The van der Waals surface area contributed by atoms with Crippen LogP contribution in [0.1, 0.15) is 11.8 Å². The number of hydrogen-bond donors (Lipinski definition) is 1. The van der Waals surface area contributed by atoms with Gasteiger partial charge in [-0.25, -0.2) is 0 Å². The summed E-state index contributed by atoms with van der Waals surface area (Å²) in [7, 11) is 0. The lowest BCUT2D eigenvalue weighted by molar-refractivity contribution is -0.121. The van der Waals surface area contributed by atoms with Crippen LogP contribution in [-0.2, 0) is 11.3 Å². The van der Waals surface area contributed by atoms with Gasteiger partial charge in [0.25, 0.3) is 0 Å². The summed E-state index contributed by atoms with van der Waals surface area (Å²) in [4.78, 5) is 18.6. The van der Waals surface area contributed by atoms with Crippen molar-refractivity contribution >= 4 is 38.9 Å². The van der Waals surface area contributed by atoms with Gasteiger partial charge in [-0.1, -0.05) is 22.0 Å². The highest BCUT2D eigenvalue weighted by atomic mass is 79.9. The van der Waals surface area contributed by atoms with Gasteiger partial charge in [0.05, 0.1) is 6.04 Å². The topological polar surface area (TPSA) is 35.6 Å². The van der Waals surface area contributed by atoms with Gasteiger partial charge in [0.2, 0.25) is 5.91 Å². The number of carbonyl (C=O) groups is 1. The minimum atomic E-state index is -0.113. The van der Waals surface area contributed by atoms with E-state index < -0.39 is 0 Å². The van der Waals surface area contributed by atoms with Crippen LogP contribution in [0.4, 0.5) is 5.69 Å². The molecule has 1 N–H and O–H groups in total. The van der Waals surface area contributed by atoms with Crippen molar-refractivity contribution in [3.05, 3.63) is 51.1 Å². The van der Waals surface area contributed by atoms with Gasteiger partial charge < -0.3 is 5.32 Å². The first kappa shape index (κ1) is 17.6. The highest BCUT2D eigenvalue weighted by Crippen LogP contribution is 2.17. The summed E-state index contributed by atoms with van der Waals surface area (Å²) in [6.07, 6.45) is 0. The van der Waals surface area contributed by atoms with Crippen LogP contribution in [-0.4, -0.2) is 47.9 Å². The minimum absolute atomic E-state index is 0.0593. The fraction of sp³-hybridized carbons (Fsp3) is 0.389. The van der Waals surface area contributed by atoms with E-state index in [-0.39, 0.29) is 11.9 Å². The summed E-state index contributed by atoms with van der Waals surface area (Å²) in [5.74, 6) is 0.0593. The number of nitrogens with one attached hydrogen (secondary N) is 1. The highest BCUT2D eigenvalue weighted by Gasteiger charge is 2.25. The molecule has 0 unspecified atom stereocenters. The van der Waals surface area contributed by atoms with Gasteiger partial charge in [-0.05, 0) is 42.6 Å². The zero-order valence-electron chi connectivity index (χ0n) is 13.7. The van der Waals surface area contributed by atoms with Crippen LogP contribution >= 0.6 is 27.3 Å². The van der Waals surface area contributed by atoms with Crippen LogP contribution < -0.4 is 5.32 Å². The molecule has 1 aliphatic heterocycles. The van der Waals surface area contributed by atoms with Gasteiger partial charge >= 0.3 is 0 Å². The number of anilines is 1. The molecule has 1 atom stereocenters. The van der Waals surface area contributed by atoms with Crippen LogP contribution in [0.2, 0.25) is 0 Å². The zero-order valence-corrected chi connectivity index (χ0v) is 16.1. The number of halogens is 1. The molecule has 1 saturated heterocycles. The maximum Gasteiger partial charge on any atom is 0.241 e. The summed E-state index contributed by atoms with van der Waals surface area (Å²) < 4.78 is 1.01. The van der Waals surface area contributed by atoms with Gasteiger partial charge in [-0.3, -0.25) is 14.6 Å². The second-order valence-electron chi connectivity index (χ2n) is 6.06. The zero-order chi connectivity index (χ0) is 16.9. The van der Waals surface area contributed by atoms with Crippen molar-refractivity contribution in [1.82, 2.24) is 9.80 Å². The maximum absolute atomic E-state index is 12.5. The number of rotatable bonds is 5. The Morgan fingerprint density at radius 1 is 1.21 bits per heavy atom. The number of piperazine rings is 1. The summed E-state index contributed by atoms with van der Waals surface area (Å²) in [5.41, 5.74) is 0.839. The molecule has 1 fully saturated rings. The van der Waals surface area contributed by atoms with Gasteiger partial charge in [0.1, 0.15) is 0 Å². The summed E-state index contributed by atoms with van der Waals surface area (Å²) in [5, 5.41) is 5.13. The molecular weight excluding hydrogens is 386 g/mol. The Morgan fingerprint density at radius 2 is 1.92 bits per heavy atom. The monoisotopic (exact) mass is 407 g/mol. The average Bonchev–Trinajstić information content (AvgIpc) is 3.10. The number of amides is 1. The predicted octanol–water partition coefficient (Wildman–Crippen LogP) is 3.66. The quantitative estimate of drug-likeness (QED) is 0.821. The Hall–Kier alpha value is -1.21. The van der Waals surface area contributed by atoms with Crippen molar-refractivity contribution in [2.45, 2.75) is 19.5 Å². The summed E-state index contributed by atoms with van der Waals surface area (Å²) in [6, 6.07) is 11.9. The second-order valence-corrected chi connectivity index (χ2v) is 8.01. The van der Waals surface area contributed by atoms with E-state index in [9.17, 15) is 4.79 Å². The van der Waals surface area contributed by atoms with Crippen molar-refractivity contribution in [1.29, 1.82) is 0 Å². The first-order valence-electron chi connectivity index (χ1n) is 8.17. The standard InChI is InChI=1S/C18H22BrN3OS/c1-14(18(23)20-16-6-4-15(19)5-7-16)22-10-8-21(9-11-22)13-17-3-2-12-24-17/h2-7,12,14H,8-11,13H2,1H3,(H,20,23)/t14-/m0/s1. The van der Waals surface area contributed by atoms with Crippen molar-refractivity contribution in [2.24, 2.45) is 0 Å². The number of carbonyl (C=O) groups excluding carboxylic acids is 1. The van der Waals surface area contributed by atoms with E-state index in [1.807, 2.05) is 42.5 Å². The molecular formula is C18H22BrN3OS. The molecule has 4 nitrogen and oxygen atoms in total. The van der Waals surface area contributed by atoms with Gasteiger partial charge in [-0.15, -0.1) is 11.3 Å². The molecule has 0 spiro atoms. The molecule has 0 saturated carbocycles. The number of hydrogen-bond acceptors (Lipinski definition) is 4. The van der Waals surface area contributed by atoms with Crippen molar-refractivity contribution in [3.63, 3.8) is 0 Å². The molecule has 0 radical (unpaired) electrons. The Morgan fingerprint density at radius 3 is 2.54 bits per heavy atom. The van der Waals surface area contributed by atoms with Crippen LogP contribution in [0.15, 0.2) is 46.3 Å². The van der Waals surface area contributed by atoms with Crippen molar-refractivity contribution in [3.8, 4) is 0 Å². The number of benzene rings is 1. The van der Waals surface area contributed by atoms with E-state index in [1.165, 1.54) is 4.88 Å². The molecule has 24 heavy (non-hydrogen) atoms. The first-order chi connectivity index (χ1) is 11.6. The normalized spacial score (nSPS) is 17.6. The molecule has 2 aromatic rings. The van der Waals surface area contributed by atoms with Crippen molar-refractivity contribution < 1.29 is 4.79 Å². The molecule has 1 aliphatic rings. The fourth-order valence-corrected chi connectivity index (χ4v) is 3.89. The molecule has 1 amide bonds. The molecule has 2 heterocycles. The SMILES string of the molecule is C[C@@H](C(=O)Nc1ccc(Br)cc1)N1CCN(Cc2cccs2)CC1. The van der Waals surface area contributed by atoms with Crippen LogP contribution in [0.5, 0.6) is 0 Å². The predicted molar refractivity (Wildman–Crippen MR) is 103 cm³/mol. The van der Waals surface area contributed by atoms with Gasteiger partial charge in [0, 0.05) is 47.8 Å².